The van der Waals surface area contributed by atoms with Crippen LogP contribution in [0.2, 0.25) is 0 Å². The highest BCUT2D eigenvalue weighted by molar-refractivity contribution is 7.22. The zero-order valence-corrected chi connectivity index (χ0v) is 18.8. The molecule has 1 aromatic heterocycles. The number of aromatic nitrogens is 1. The summed E-state index contributed by atoms with van der Waals surface area (Å²) in [6, 6.07) is 19.7. The molecule has 156 valence electrons. The normalized spacial score (nSPS) is 10.9. The van der Waals surface area contributed by atoms with E-state index >= 15 is 0 Å². The molecule has 4 aromatic rings. The van der Waals surface area contributed by atoms with Crippen molar-refractivity contribution < 1.29 is 9.53 Å². The van der Waals surface area contributed by atoms with Gasteiger partial charge in [0.15, 0.2) is 5.13 Å². The molecule has 0 N–H and O–H groups in total. The lowest BCUT2D eigenvalue weighted by Gasteiger charge is -2.22. The second-order valence-electron chi connectivity index (χ2n) is 7.15. The van der Waals surface area contributed by atoms with Gasteiger partial charge < -0.3 is 9.64 Å². The number of rotatable bonds is 6. The fourth-order valence-corrected chi connectivity index (χ4v) is 4.22. The number of methoxy groups -OCH3 is 1. The first-order valence-electron chi connectivity index (χ1n) is 9.45. The number of amides is 1. The number of carbonyl (C=O) groups is 1. The Morgan fingerprint density at radius 1 is 1.00 bits per heavy atom. The van der Waals surface area contributed by atoms with E-state index in [1.54, 1.807) is 12.0 Å². The van der Waals surface area contributed by atoms with Crippen LogP contribution in [-0.4, -0.2) is 50.1 Å². The fourth-order valence-electron chi connectivity index (χ4n) is 3.20. The minimum atomic E-state index is -0.0383. The molecule has 0 radical (unpaired) electrons. The summed E-state index contributed by atoms with van der Waals surface area (Å²) in [7, 11) is 5.65. The molecule has 0 fully saturated rings. The predicted octanol–water partition coefficient (Wildman–Crippen LogP) is 5.09. The van der Waals surface area contributed by atoms with Gasteiger partial charge in [0, 0.05) is 18.7 Å². The number of anilines is 1. The quantitative estimate of drug-likeness (QED) is 0.418. The van der Waals surface area contributed by atoms with Crippen LogP contribution >= 0.6 is 23.7 Å². The molecule has 0 aliphatic carbocycles. The Hall–Kier alpha value is -2.67. The van der Waals surface area contributed by atoms with E-state index in [4.69, 9.17) is 9.72 Å². The van der Waals surface area contributed by atoms with Crippen molar-refractivity contribution in [3.8, 4) is 5.75 Å². The van der Waals surface area contributed by atoms with E-state index in [-0.39, 0.29) is 18.3 Å². The first kappa shape index (κ1) is 22.0. The van der Waals surface area contributed by atoms with Gasteiger partial charge in [-0.1, -0.05) is 41.7 Å². The minimum Gasteiger partial charge on any atom is -0.497 e. The Morgan fingerprint density at radius 3 is 2.50 bits per heavy atom. The van der Waals surface area contributed by atoms with Gasteiger partial charge in [-0.2, -0.15) is 0 Å². The molecular formula is C23H24ClN3O2S. The first-order chi connectivity index (χ1) is 14.0. The van der Waals surface area contributed by atoms with Crippen LogP contribution in [0.15, 0.2) is 60.7 Å². The van der Waals surface area contributed by atoms with Gasteiger partial charge in [-0.3, -0.25) is 9.69 Å². The van der Waals surface area contributed by atoms with E-state index in [1.165, 1.54) is 11.3 Å². The number of fused-ring (bicyclic) bond motifs is 2. The molecule has 5 nitrogen and oxygen atoms in total. The Bertz CT molecular complexity index is 1180. The number of halogens is 1. The van der Waals surface area contributed by atoms with E-state index < -0.39 is 0 Å². The molecule has 0 saturated heterocycles. The van der Waals surface area contributed by atoms with E-state index in [1.807, 2.05) is 74.8 Å². The Morgan fingerprint density at radius 2 is 1.77 bits per heavy atom. The molecule has 0 aliphatic rings. The predicted molar refractivity (Wildman–Crippen MR) is 128 cm³/mol. The van der Waals surface area contributed by atoms with Gasteiger partial charge >= 0.3 is 0 Å². The lowest BCUT2D eigenvalue weighted by atomic mass is 10.1. The standard InChI is InChI=1S/C23H23N3O2S.ClH/c1-25(2)12-13-26(23-24-20-11-10-19(28-3)15-21(20)29-23)22(27)18-9-8-16-6-4-5-7-17(16)14-18;/h4-11,14-15H,12-13H2,1-3H3;1H. The second-order valence-corrected chi connectivity index (χ2v) is 8.16. The Balaban J connectivity index is 0.00000256. The Kier molecular flexibility index (Phi) is 6.92. The van der Waals surface area contributed by atoms with E-state index in [0.717, 1.165) is 33.3 Å². The summed E-state index contributed by atoms with van der Waals surface area (Å²) in [5.74, 6) is 0.747. The van der Waals surface area contributed by atoms with Crippen molar-refractivity contribution in [1.82, 2.24) is 9.88 Å². The van der Waals surface area contributed by atoms with Gasteiger partial charge in [0.1, 0.15) is 5.75 Å². The molecular weight excluding hydrogens is 418 g/mol. The number of nitrogens with zero attached hydrogens (tertiary/aromatic N) is 3. The topological polar surface area (TPSA) is 45.7 Å². The van der Waals surface area contributed by atoms with Crippen LogP contribution in [0.4, 0.5) is 5.13 Å². The van der Waals surface area contributed by atoms with Crippen molar-refractivity contribution in [3.05, 3.63) is 66.2 Å². The van der Waals surface area contributed by atoms with Crippen molar-refractivity contribution in [3.63, 3.8) is 0 Å². The minimum absolute atomic E-state index is 0. The molecule has 4 rings (SSSR count). The van der Waals surface area contributed by atoms with Crippen LogP contribution in [0.25, 0.3) is 21.0 Å². The number of hydrogen-bond acceptors (Lipinski definition) is 5. The highest BCUT2D eigenvalue weighted by Gasteiger charge is 2.22. The molecule has 0 spiro atoms. The Labute approximate surface area is 186 Å². The van der Waals surface area contributed by atoms with Crippen LogP contribution < -0.4 is 9.64 Å². The molecule has 1 heterocycles. The van der Waals surface area contributed by atoms with Crippen LogP contribution in [0, 0.1) is 0 Å². The largest absolute Gasteiger partial charge is 0.497 e. The molecule has 7 heteroatoms. The first-order valence-corrected chi connectivity index (χ1v) is 10.3. The number of benzene rings is 3. The van der Waals surface area contributed by atoms with E-state index in [9.17, 15) is 4.79 Å². The van der Waals surface area contributed by atoms with Gasteiger partial charge in [0.05, 0.1) is 17.3 Å². The highest BCUT2D eigenvalue weighted by Crippen LogP contribution is 2.32. The molecule has 0 atom stereocenters. The zero-order valence-electron chi connectivity index (χ0n) is 17.2. The van der Waals surface area contributed by atoms with Crippen LogP contribution in [0.1, 0.15) is 10.4 Å². The lowest BCUT2D eigenvalue weighted by Crippen LogP contribution is -2.36. The van der Waals surface area contributed by atoms with E-state index in [0.29, 0.717) is 17.2 Å². The molecule has 3 aromatic carbocycles. The van der Waals surface area contributed by atoms with Crippen molar-refractivity contribution in [2.45, 2.75) is 0 Å². The van der Waals surface area contributed by atoms with Crippen molar-refractivity contribution in [2.75, 3.05) is 39.2 Å². The highest BCUT2D eigenvalue weighted by atomic mass is 35.5. The number of carbonyl (C=O) groups excluding carboxylic acids is 1. The van der Waals surface area contributed by atoms with Crippen molar-refractivity contribution in [1.29, 1.82) is 0 Å². The number of likely N-dealkylation sites (N-methyl/N-ethyl adjacent to an activating group) is 1. The van der Waals surface area contributed by atoms with Crippen molar-refractivity contribution in [2.24, 2.45) is 0 Å². The smallest absolute Gasteiger partial charge is 0.260 e. The third kappa shape index (κ3) is 4.56. The molecule has 0 bridgehead atoms. The summed E-state index contributed by atoms with van der Waals surface area (Å²) in [5, 5.41) is 2.88. The second kappa shape index (κ2) is 9.43. The SMILES string of the molecule is COc1ccc2nc(N(CCN(C)C)C(=O)c3ccc4ccccc4c3)sc2c1.Cl. The lowest BCUT2D eigenvalue weighted by molar-refractivity contribution is 0.0985. The fraction of sp³-hybridized carbons (Fsp3) is 0.217. The molecule has 0 saturated carbocycles. The molecule has 30 heavy (non-hydrogen) atoms. The van der Waals surface area contributed by atoms with E-state index in [2.05, 4.69) is 4.90 Å². The number of ether oxygens (including phenoxy) is 1. The van der Waals surface area contributed by atoms with Gasteiger partial charge in [-0.05, 0) is 55.2 Å². The summed E-state index contributed by atoms with van der Waals surface area (Å²) in [6.45, 7) is 1.31. The summed E-state index contributed by atoms with van der Waals surface area (Å²) >= 11 is 1.51. The average molecular weight is 442 g/mol. The maximum Gasteiger partial charge on any atom is 0.260 e. The number of thiazole rings is 1. The van der Waals surface area contributed by atoms with Crippen LogP contribution in [0.3, 0.4) is 0 Å². The van der Waals surface area contributed by atoms with Gasteiger partial charge in [-0.15, -0.1) is 12.4 Å². The third-order valence-electron chi connectivity index (χ3n) is 4.83. The zero-order chi connectivity index (χ0) is 20.4. The van der Waals surface area contributed by atoms with Crippen LogP contribution in [-0.2, 0) is 0 Å². The maximum atomic E-state index is 13.5. The van der Waals surface area contributed by atoms with Gasteiger partial charge in [0.25, 0.3) is 5.91 Å². The van der Waals surface area contributed by atoms with Gasteiger partial charge in [-0.25, -0.2) is 4.98 Å². The third-order valence-corrected chi connectivity index (χ3v) is 5.87. The average Bonchev–Trinajstić information content (AvgIpc) is 3.15. The number of hydrogen-bond donors (Lipinski definition) is 0. The summed E-state index contributed by atoms with van der Waals surface area (Å²) in [6.07, 6.45) is 0. The monoisotopic (exact) mass is 441 g/mol. The van der Waals surface area contributed by atoms with Crippen molar-refractivity contribution >= 4 is 55.8 Å². The molecule has 0 aliphatic heterocycles. The van der Waals surface area contributed by atoms with Gasteiger partial charge in [0.2, 0.25) is 0 Å². The summed E-state index contributed by atoms with van der Waals surface area (Å²) in [5.41, 5.74) is 1.53. The summed E-state index contributed by atoms with van der Waals surface area (Å²) in [4.78, 5) is 22.0. The molecule has 0 unspecified atom stereocenters. The van der Waals surface area contributed by atoms with Crippen LogP contribution in [0.5, 0.6) is 5.75 Å². The summed E-state index contributed by atoms with van der Waals surface area (Å²) < 4.78 is 6.32. The molecule has 1 amide bonds. The maximum absolute atomic E-state index is 13.5.